The lowest BCUT2D eigenvalue weighted by Crippen LogP contribution is -2.57. The summed E-state index contributed by atoms with van der Waals surface area (Å²) in [5.74, 6) is 0.178. The molecule has 3 saturated heterocycles. The maximum absolute atomic E-state index is 12.8. The topological polar surface area (TPSA) is 110 Å². The zero-order valence-corrected chi connectivity index (χ0v) is 21.9. The molecule has 7 atom stereocenters. The molecule has 1 spiro atoms. The number of nitrogens with zero attached hydrogens (tertiary/aromatic N) is 1. The zero-order chi connectivity index (χ0) is 24.7. The summed E-state index contributed by atoms with van der Waals surface area (Å²) in [6.45, 7) is 9.95. The van der Waals surface area contributed by atoms with Gasteiger partial charge in [-0.2, -0.15) is 0 Å². The lowest BCUT2D eigenvalue weighted by Gasteiger charge is -2.44. The Kier molecular flexibility index (Phi) is 7.55. The first kappa shape index (κ1) is 26.1. The smallest absolute Gasteiger partial charge is 0.410 e. The van der Waals surface area contributed by atoms with Gasteiger partial charge < -0.3 is 33.3 Å². The van der Waals surface area contributed by atoms with Gasteiger partial charge in [0.1, 0.15) is 23.4 Å². The highest BCUT2D eigenvalue weighted by molar-refractivity contribution is 7.52. The maximum Gasteiger partial charge on any atom is 0.410 e. The van der Waals surface area contributed by atoms with Gasteiger partial charge in [0.05, 0.1) is 31.4 Å². The highest BCUT2D eigenvalue weighted by Crippen LogP contribution is 2.59. The van der Waals surface area contributed by atoms with Crippen LogP contribution in [-0.2, 0) is 28.0 Å². The van der Waals surface area contributed by atoms with Crippen LogP contribution in [0.4, 0.5) is 4.79 Å². The minimum absolute atomic E-state index is 0.00600. The fourth-order valence-electron chi connectivity index (χ4n) is 5.79. The van der Waals surface area contributed by atoms with E-state index in [2.05, 4.69) is 26.8 Å². The number of amides is 1. The Bertz CT molecular complexity index is 835. The van der Waals surface area contributed by atoms with E-state index in [9.17, 15) is 14.3 Å². The number of likely N-dealkylation sites (tertiary alicyclic amines) is 1. The van der Waals surface area contributed by atoms with Gasteiger partial charge in [0.25, 0.3) is 0 Å². The van der Waals surface area contributed by atoms with Crippen LogP contribution in [0.1, 0.15) is 53.4 Å². The molecule has 3 aliphatic heterocycles. The third kappa shape index (κ3) is 5.40. The van der Waals surface area contributed by atoms with Gasteiger partial charge in [-0.25, -0.2) is 4.79 Å². The summed E-state index contributed by atoms with van der Waals surface area (Å²) in [5, 5.41) is 0. The molecule has 34 heavy (non-hydrogen) atoms. The number of carbonyl (C=O) groups excluding carboxylic acids is 1. The largest absolute Gasteiger partial charge is 0.443 e. The monoisotopic (exact) mass is 501 g/mol. The molecule has 0 bridgehead atoms. The van der Waals surface area contributed by atoms with E-state index in [-0.39, 0.29) is 60.2 Å². The number of carbonyl (C=O) groups is 1. The third-order valence-electron chi connectivity index (χ3n) is 7.86. The number of ether oxygens (including phenoxy) is 4. The highest BCUT2D eigenvalue weighted by atomic mass is 31.2. The SMILES string of the molecule is CCOP(=O)(O)CCC1CN(C(=O)O[C@@H]2CC[C@]3(CO3)[C@@H]([C@@]3(C)OC3CC=C(C)C)[C@@H]2OC)C1. The van der Waals surface area contributed by atoms with Gasteiger partial charge >= 0.3 is 13.7 Å². The van der Waals surface area contributed by atoms with Crippen molar-refractivity contribution in [1.29, 1.82) is 0 Å². The van der Waals surface area contributed by atoms with E-state index in [4.69, 9.17) is 23.5 Å². The van der Waals surface area contributed by atoms with E-state index in [0.29, 0.717) is 32.5 Å². The van der Waals surface area contributed by atoms with Crippen molar-refractivity contribution in [2.45, 2.75) is 82.9 Å². The molecular weight excluding hydrogens is 461 g/mol. The average molecular weight is 502 g/mol. The van der Waals surface area contributed by atoms with Crippen molar-refractivity contribution < 1.29 is 37.7 Å². The fourth-order valence-corrected chi connectivity index (χ4v) is 7.01. The molecule has 194 valence electrons. The van der Waals surface area contributed by atoms with Gasteiger partial charge in [0, 0.05) is 20.2 Å². The predicted molar refractivity (Wildman–Crippen MR) is 126 cm³/mol. The summed E-state index contributed by atoms with van der Waals surface area (Å²) in [5.41, 5.74) is 0.648. The molecule has 10 heteroatoms. The quantitative estimate of drug-likeness (QED) is 0.274. The van der Waals surface area contributed by atoms with Gasteiger partial charge in [0.15, 0.2) is 0 Å². The molecule has 1 N–H and O–H groups in total. The van der Waals surface area contributed by atoms with Crippen LogP contribution in [0.15, 0.2) is 11.6 Å². The Labute approximate surface area is 202 Å². The number of epoxide rings is 2. The van der Waals surface area contributed by atoms with E-state index in [1.807, 2.05) is 0 Å². The van der Waals surface area contributed by atoms with E-state index in [0.717, 1.165) is 12.8 Å². The van der Waals surface area contributed by atoms with Crippen LogP contribution >= 0.6 is 7.60 Å². The second kappa shape index (κ2) is 9.83. The molecule has 0 aromatic carbocycles. The second-order valence-corrected chi connectivity index (χ2v) is 12.6. The van der Waals surface area contributed by atoms with Crippen LogP contribution in [0.2, 0.25) is 0 Å². The molecule has 1 saturated carbocycles. The van der Waals surface area contributed by atoms with E-state index in [1.165, 1.54) is 5.57 Å². The number of rotatable bonds is 10. The number of hydrogen-bond acceptors (Lipinski definition) is 7. The van der Waals surface area contributed by atoms with Crippen molar-refractivity contribution in [3.63, 3.8) is 0 Å². The molecule has 4 aliphatic rings. The number of hydrogen-bond donors (Lipinski definition) is 1. The molecule has 4 fully saturated rings. The molecule has 1 amide bonds. The first-order valence-electron chi connectivity index (χ1n) is 12.4. The maximum atomic E-state index is 12.8. The third-order valence-corrected chi connectivity index (χ3v) is 9.34. The van der Waals surface area contributed by atoms with Crippen molar-refractivity contribution in [3.8, 4) is 0 Å². The van der Waals surface area contributed by atoms with Gasteiger partial charge in [-0.1, -0.05) is 11.6 Å². The van der Waals surface area contributed by atoms with Crippen LogP contribution in [0.5, 0.6) is 0 Å². The standard InChI is InChI=1S/C24H40NO8P/c1-6-31-34(27,28)12-10-17-13-25(14-17)22(26)32-18-9-11-24(15-30-24)21(20(18)29-5)23(4)19(33-23)8-7-16(2)3/h7,17-21H,6,8-15H2,1-5H3,(H,27,28)/t18-,19?,20-,21-,23+,24+/m1/s1. The minimum atomic E-state index is -3.53. The lowest BCUT2D eigenvalue weighted by molar-refractivity contribution is -0.124. The molecule has 9 nitrogen and oxygen atoms in total. The van der Waals surface area contributed by atoms with Gasteiger partial charge in [0.2, 0.25) is 0 Å². The molecular formula is C24H40NO8P. The van der Waals surface area contributed by atoms with Crippen LogP contribution in [0.25, 0.3) is 0 Å². The molecule has 0 aromatic rings. The summed E-state index contributed by atoms with van der Waals surface area (Å²) in [6, 6.07) is 0. The van der Waals surface area contributed by atoms with Crippen LogP contribution in [-0.4, -0.2) is 85.0 Å². The summed E-state index contributed by atoms with van der Waals surface area (Å²) < 4.78 is 40.8. The van der Waals surface area contributed by atoms with E-state index in [1.54, 1.807) is 18.9 Å². The van der Waals surface area contributed by atoms with Gasteiger partial charge in [-0.3, -0.25) is 4.57 Å². The Hall–Kier alpha value is -0.960. The molecule has 3 heterocycles. The Morgan fingerprint density at radius 2 is 2.03 bits per heavy atom. The summed E-state index contributed by atoms with van der Waals surface area (Å²) in [7, 11) is -1.86. The Morgan fingerprint density at radius 1 is 1.32 bits per heavy atom. The molecule has 1 aliphatic carbocycles. The number of allylic oxidation sites excluding steroid dienone is 1. The second-order valence-electron chi connectivity index (χ2n) is 10.6. The van der Waals surface area contributed by atoms with Crippen LogP contribution < -0.4 is 0 Å². The van der Waals surface area contributed by atoms with Crippen LogP contribution in [0, 0.1) is 11.8 Å². The first-order valence-corrected chi connectivity index (χ1v) is 14.2. The summed E-state index contributed by atoms with van der Waals surface area (Å²) >= 11 is 0. The van der Waals surface area contributed by atoms with Crippen molar-refractivity contribution in [3.05, 3.63) is 11.6 Å². The van der Waals surface area contributed by atoms with Crippen molar-refractivity contribution >= 4 is 13.7 Å². The fraction of sp³-hybridized carbons (Fsp3) is 0.875. The van der Waals surface area contributed by atoms with Crippen molar-refractivity contribution in [1.82, 2.24) is 4.90 Å². The van der Waals surface area contributed by atoms with Gasteiger partial charge in [-0.05, 0) is 59.3 Å². The molecule has 0 radical (unpaired) electrons. The lowest BCUT2D eigenvalue weighted by atomic mass is 9.68. The zero-order valence-electron chi connectivity index (χ0n) is 21.0. The number of methoxy groups -OCH3 is 1. The summed E-state index contributed by atoms with van der Waals surface area (Å²) in [6.07, 6.45) is 4.30. The molecule has 4 rings (SSSR count). The molecule has 0 aromatic heterocycles. The Morgan fingerprint density at radius 3 is 2.62 bits per heavy atom. The Balaban J connectivity index is 1.32. The van der Waals surface area contributed by atoms with Gasteiger partial charge in [-0.15, -0.1) is 0 Å². The average Bonchev–Trinajstić information content (AvgIpc) is 3.64. The molecule has 2 unspecified atom stereocenters. The van der Waals surface area contributed by atoms with E-state index >= 15 is 0 Å². The normalized spacial score (nSPS) is 38.7. The summed E-state index contributed by atoms with van der Waals surface area (Å²) in [4.78, 5) is 24.2. The minimum Gasteiger partial charge on any atom is -0.443 e. The highest BCUT2D eigenvalue weighted by Gasteiger charge is 2.72. The predicted octanol–water partition coefficient (Wildman–Crippen LogP) is 3.74. The van der Waals surface area contributed by atoms with Crippen molar-refractivity contribution in [2.75, 3.05) is 39.6 Å². The van der Waals surface area contributed by atoms with E-state index < -0.39 is 7.60 Å². The first-order chi connectivity index (χ1) is 16.0. The van der Waals surface area contributed by atoms with Crippen molar-refractivity contribution in [2.24, 2.45) is 11.8 Å². The van der Waals surface area contributed by atoms with Crippen LogP contribution in [0.3, 0.4) is 0 Å².